The molecular formula is C14H16ClNO3. The van der Waals surface area contributed by atoms with Crippen molar-refractivity contribution in [3.8, 4) is 0 Å². The summed E-state index contributed by atoms with van der Waals surface area (Å²) in [5.41, 5.74) is 0.705. The molecule has 4 nitrogen and oxygen atoms in total. The standard InChI is InChI=1S/C14H16ClNO3/c1-8(2)16-12(17)7-10(14(18)19)13(16)9-5-3-4-6-11(9)15/h3-6,8,10,13H,7H2,1-2H3,(H,18,19). The monoisotopic (exact) mass is 281 g/mol. The first-order valence-corrected chi connectivity index (χ1v) is 6.59. The highest BCUT2D eigenvalue weighted by Crippen LogP contribution is 2.41. The van der Waals surface area contributed by atoms with Crippen molar-refractivity contribution in [2.75, 3.05) is 0 Å². The van der Waals surface area contributed by atoms with Gasteiger partial charge in [0.2, 0.25) is 5.91 Å². The van der Waals surface area contributed by atoms with Gasteiger partial charge in [-0.25, -0.2) is 0 Å². The summed E-state index contributed by atoms with van der Waals surface area (Å²) in [6, 6.07) is 6.56. The molecule has 1 heterocycles. The van der Waals surface area contributed by atoms with E-state index in [9.17, 15) is 14.7 Å². The van der Waals surface area contributed by atoms with Crippen LogP contribution < -0.4 is 0 Å². The Morgan fingerprint density at radius 3 is 2.58 bits per heavy atom. The van der Waals surface area contributed by atoms with Crippen molar-refractivity contribution >= 4 is 23.5 Å². The van der Waals surface area contributed by atoms with Crippen LogP contribution in [0.4, 0.5) is 0 Å². The Hall–Kier alpha value is -1.55. The highest BCUT2D eigenvalue weighted by Gasteiger charge is 2.46. The number of carbonyl (C=O) groups excluding carboxylic acids is 1. The number of aliphatic carboxylic acids is 1. The smallest absolute Gasteiger partial charge is 0.309 e. The van der Waals surface area contributed by atoms with Gasteiger partial charge in [0.25, 0.3) is 0 Å². The second-order valence-corrected chi connectivity index (χ2v) is 5.42. The number of carboxylic acids is 1. The van der Waals surface area contributed by atoms with Crippen molar-refractivity contribution in [2.24, 2.45) is 5.92 Å². The minimum atomic E-state index is -0.957. The molecule has 102 valence electrons. The first-order chi connectivity index (χ1) is 8.93. The zero-order valence-corrected chi connectivity index (χ0v) is 11.6. The Balaban J connectivity index is 2.50. The molecule has 1 aromatic carbocycles. The van der Waals surface area contributed by atoms with Gasteiger partial charge in [0.05, 0.1) is 12.0 Å². The zero-order valence-electron chi connectivity index (χ0n) is 10.8. The minimum Gasteiger partial charge on any atom is -0.481 e. The summed E-state index contributed by atoms with van der Waals surface area (Å²) in [6.07, 6.45) is 0.0312. The number of hydrogen-bond donors (Lipinski definition) is 1. The molecule has 2 unspecified atom stereocenters. The Labute approximate surface area is 117 Å². The van der Waals surface area contributed by atoms with Crippen LogP contribution in [0, 0.1) is 5.92 Å². The minimum absolute atomic E-state index is 0.0312. The fourth-order valence-corrected chi connectivity index (χ4v) is 2.91. The van der Waals surface area contributed by atoms with Gasteiger partial charge in [0, 0.05) is 17.5 Å². The van der Waals surface area contributed by atoms with Crippen LogP contribution in [0.15, 0.2) is 24.3 Å². The van der Waals surface area contributed by atoms with Crippen molar-refractivity contribution < 1.29 is 14.7 Å². The van der Waals surface area contributed by atoms with Crippen LogP contribution in [-0.2, 0) is 9.59 Å². The summed E-state index contributed by atoms with van der Waals surface area (Å²) >= 11 is 6.16. The normalized spacial score (nSPS) is 23.2. The lowest BCUT2D eigenvalue weighted by Gasteiger charge is -2.31. The molecule has 1 amide bonds. The number of likely N-dealkylation sites (tertiary alicyclic amines) is 1. The highest BCUT2D eigenvalue weighted by atomic mass is 35.5. The van der Waals surface area contributed by atoms with Gasteiger partial charge in [-0.05, 0) is 25.5 Å². The topological polar surface area (TPSA) is 57.6 Å². The average Bonchev–Trinajstić information content (AvgIpc) is 2.67. The van der Waals surface area contributed by atoms with E-state index in [-0.39, 0.29) is 18.4 Å². The molecule has 5 heteroatoms. The maximum atomic E-state index is 12.0. The molecular weight excluding hydrogens is 266 g/mol. The van der Waals surface area contributed by atoms with E-state index in [4.69, 9.17) is 11.6 Å². The molecule has 0 radical (unpaired) electrons. The summed E-state index contributed by atoms with van der Waals surface area (Å²) in [4.78, 5) is 25.1. The molecule has 1 aromatic rings. The molecule has 2 atom stereocenters. The van der Waals surface area contributed by atoms with Crippen LogP contribution >= 0.6 is 11.6 Å². The number of carboxylic acid groups (broad SMARTS) is 1. The molecule has 2 rings (SSSR count). The van der Waals surface area contributed by atoms with E-state index in [1.165, 1.54) is 0 Å². The van der Waals surface area contributed by atoms with Crippen molar-refractivity contribution in [1.82, 2.24) is 4.90 Å². The van der Waals surface area contributed by atoms with E-state index in [0.29, 0.717) is 10.6 Å². The summed E-state index contributed by atoms with van der Waals surface area (Å²) in [5.74, 6) is -1.83. The van der Waals surface area contributed by atoms with E-state index in [1.807, 2.05) is 13.8 Å². The van der Waals surface area contributed by atoms with Crippen LogP contribution in [0.5, 0.6) is 0 Å². The maximum Gasteiger partial charge on any atom is 0.309 e. The van der Waals surface area contributed by atoms with Crippen LogP contribution in [0.25, 0.3) is 0 Å². The van der Waals surface area contributed by atoms with Crippen LogP contribution in [0.2, 0.25) is 5.02 Å². The van der Waals surface area contributed by atoms with Crippen LogP contribution in [0.3, 0.4) is 0 Å². The lowest BCUT2D eigenvalue weighted by Crippen LogP contribution is -2.36. The Morgan fingerprint density at radius 2 is 2.05 bits per heavy atom. The molecule has 0 aromatic heterocycles. The summed E-state index contributed by atoms with van der Waals surface area (Å²) in [7, 11) is 0. The van der Waals surface area contributed by atoms with Crippen LogP contribution in [-0.4, -0.2) is 27.9 Å². The first kappa shape index (κ1) is 13.9. The Bertz CT molecular complexity index is 515. The van der Waals surface area contributed by atoms with Gasteiger partial charge < -0.3 is 10.0 Å². The quantitative estimate of drug-likeness (QED) is 0.927. The lowest BCUT2D eigenvalue weighted by molar-refractivity contribution is -0.142. The largest absolute Gasteiger partial charge is 0.481 e. The molecule has 0 saturated carbocycles. The summed E-state index contributed by atoms with van der Waals surface area (Å²) in [5, 5.41) is 9.83. The highest BCUT2D eigenvalue weighted by molar-refractivity contribution is 6.31. The van der Waals surface area contributed by atoms with Crippen molar-refractivity contribution in [2.45, 2.75) is 32.4 Å². The predicted octanol–water partition coefficient (Wildman–Crippen LogP) is 2.72. The van der Waals surface area contributed by atoms with Gasteiger partial charge in [0.15, 0.2) is 0 Å². The fourth-order valence-electron chi connectivity index (χ4n) is 2.67. The molecule has 1 N–H and O–H groups in total. The van der Waals surface area contributed by atoms with Gasteiger partial charge in [-0.15, -0.1) is 0 Å². The Kier molecular flexibility index (Phi) is 3.80. The molecule has 1 fully saturated rings. The zero-order chi connectivity index (χ0) is 14.2. The van der Waals surface area contributed by atoms with Gasteiger partial charge in [-0.1, -0.05) is 29.8 Å². The van der Waals surface area contributed by atoms with E-state index in [2.05, 4.69) is 0 Å². The SMILES string of the molecule is CC(C)N1C(=O)CC(C(=O)O)C1c1ccccc1Cl. The van der Waals surface area contributed by atoms with Crippen molar-refractivity contribution in [3.05, 3.63) is 34.9 Å². The molecule has 1 aliphatic heterocycles. The van der Waals surface area contributed by atoms with Gasteiger partial charge in [0.1, 0.15) is 0 Å². The second kappa shape index (κ2) is 5.21. The molecule has 0 bridgehead atoms. The number of amides is 1. The number of carbonyl (C=O) groups is 2. The third-order valence-electron chi connectivity index (χ3n) is 3.46. The van der Waals surface area contributed by atoms with Crippen LogP contribution in [0.1, 0.15) is 31.9 Å². The predicted molar refractivity (Wildman–Crippen MR) is 71.9 cm³/mol. The molecule has 0 spiro atoms. The number of benzene rings is 1. The summed E-state index contributed by atoms with van der Waals surface area (Å²) in [6.45, 7) is 3.76. The average molecular weight is 282 g/mol. The molecule has 0 aliphatic carbocycles. The van der Waals surface area contributed by atoms with Gasteiger partial charge in [-0.3, -0.25) is 9.59 Å². The Morgan fingerprint density at radius 1 is 1.42 bits per heavy atom. The summed E-state index contributed by atoms with van der Waals surface area (Å²) < 4.78 is 0. The molecule has 19 heavy (non-hydrogen) atoms. The van der Waals surface area contributed by atoms with Crippen molar-refractivity contribution in [3.63, 3.8) is 0 Å². The van der Waals surface area contributed by atoms with Crippen molar-refractivity contribution in [1.29, 1.82) is 0 Å². The maximum absolute atomic E-state index is 12.0. The van der Waals surface area contributed by atoms with E-state index >= 15 is 0 Å². The lowest BCUT2D eigenvalue weighted by atomic mass is 9.93. The third kappa shape index (κ3) is 2.45. The van der Waals surface area contributed by atoms with Gasteiger partial charge in [-0.2, -0.15) is 0 Å². The molecule has 1 aliphatic rings. The van der Waals surface area contributed by atoms with Gasteiger partial charge >= 0.3 is 5.97 Å². The second-order valence-electron chi connectivity index (χ2n) is 5.01. The number of rotatable bonds is 3. The van der Waals surface area contributed by atoms with E-state index in [1.54, 1.807) is 29.2 Å². The number of nitrogens with zero attached hydrogens (tertiary/aromatic N) is 1. The third-order valence-corrected chi connectivity index (χ3v) is 3.80. The molecule has 1 saturated heterocycles. The van der Waals surface area contributed by atoms with E-state index in [0.717, 1.165) is 0 Å². The number of halogens is 1. The first-order valence-electron chi connectivity index (χ1n) is 6.22. The van der Waals surface area contributed by atoms with E-state index < -0.39 is 17.9 Å². The number of hydrogen-bond acceptors (Lipinski definition) is 2. The fraction of sp³-hybridized carbons (Fsp3) is 0.429.